The quantitative estimate of drug-likeness (QED) is 0.852. The fourth-order valence-corrected chi connectivity index (χ4v) is 2.90. The highest BCUT2D eigenvalue weighted by Crippen LogP contribution is 2.28. The number of ether oxygens (including phenoxy) is 1. The molecular weight excluding hydrogens is 326 g/mol. The van der Waals surface area contributed by atoms with Crippen LogP contribution in [0.25, 0.3) is 0 Å². The molecule has 0 aliphatic carbocycles. The fraction of sp³-hybridized carbons (Fsp3) is 0.167. The zero-order valence-electron chi connectivity index (χ0n) is 10.5. The number of rotatable bonds is 6. The lowest BCUT2D eigenvalue weighted by molar-refractivity contribution is -0.0498. The number of alkyl halides is 2. The Hall–Kier alpha value is -1.64. The second-order valence-corrected chi connectivity index (χ2v) is 6.19. The Labute approximate surface area is 124 Å². The van der Waals surface area contributed by atoms with Gasteiger partial charge in [0.05, 0.1) is 9.92 Å². The van der Waals surface area contributed by atoms with Crippen LogP contribution < -0.4 is 9.46 Å². The fourth-order valence-electron chi connectivity index (χ4n) is 1.57. The smallest absolute Gasteiger partial charge is 0.387 e. The predicted octanol–water partition coefficient (Wildman–Crippen LogP) is 2.75. The van der Waals surface area contributed by atoms with E-state index in [2.05, 4.69) is 14.4 Å². The van der Waals surface area contributed by atoms with Crippen molar-refractivity contribution in [1.29, 1.82) is 0 Å². The van der Waals surface area contributed by atoms with Crippen molar-refractivity contribution < 1.29 is 21.9 Å². The van der Waals surface area contributed by atoms with Crippen molar-refractivity contribution in [1.82, 2.24) is 9.71 Å². The molecule has 5 nitrogen and oxygen atoms in total. The monoisotopic (exact) mass is 336 g/mol. The van der Waals surface area contributed by atoms with Crippen LogP contribution in [-0.4, -0.2) is 20.0 Å². The Balaban J connectivity index is 2.14. The summed E-state index contributed by atoms with van der Waals surface area (Å²) in [6, 6.07) is 5.00. The summed E-state index contributed by atoms with van der Waals surface area (Å²) in [7, 11) is -3.80. The maximum atomic E-state index is 12.1. The van der Waals surface area contributed by atoms with E-state index in [1.807, 2.05) is 0 Å². The SMILES string of the molecule is O=S(=O)(NCc1cc[nH]c1)c1ccc(OC(F)F)c(Cl)c1. The van der Waals surface area contributed by atoms with Gasteiger partial charge in [0.15, 0.2) is 0 Å². The third kappa shape index (κ3) is 4.16. The van der Waals surface area contributed by atoms with Crippen LogP contribution in [0.5, 0.6) is 5.75 Å². The van der Waals surface area contributed by atoms with Crippen molar-refractivity contribution in [3.05, 3.63) is 47.2 Å². The van der Waals surface area contributed by atoms with Crippen molar-refractivity contribution in [2.75, 3.05) is 0 Å². The molecule has 1 heterocycles. The minimum atomic E-state index is -3.80. The summed E-state index contributed by atoms with van der Waals surface area (Å²) in [6.45, 7) is -2.93. The van der Waals surface area contributed by atoms with Crippen LogP contribution in [0.4, 0.5) is 8.78 Å². The van der Waals surface area contributed by atoms with Crippen molar-refractivity contribution in [2.45, 2.75) is 18.1 Å². The average Bonchev–Trinajstić information content (AvgIpc) is 2.91. The number of aromatic amines is 1. The maximum Gasteiger partial charge on any atom is 0.387 e. The van der Waals surface area contributed by atoms with Crippen molar-refractivity contribution in [3.8, 4) is 5.75 Å². The van der Waals surface area contributed by atoms with Gasteiger partial charge in [-0.3, -0.25) is 0 Å². The second-order valence-electron chi connectivity index (χ2n) is 4.01. The van der Waals surface area contributed by atoms with E-state index >= 15 is 0 Å². The third-order valence-corrected chi connectivity index (χ3v) is 4.25. The molecule has 1 aromatic heterocycles. The third-order valence-electron chi connectivity index (χ3n) is 2.56. The summed E-state index contributed by atoms with van der Waals surface area (Å²) in [4.78, 5) is 2.66. The highest BCUT2D eigenvalue weighted by atomic mass is 35.5. The van der Waals surface area contributed by atoms with Crippen molar-refractivity contribution in [2.24, 2.45) is 0 Å². The van der Waals surface area contributed by atoms with E-state index in [1.165, 1.54) is 0 Å². The van der Waals surface area contributed by atoms with Crippen molar-refractivity contribution >= 4 is 21.6 Å². The minimum absolute atomic E-state index is 0.0960. The van der Waals surface area contributed by atoms with E-state index in [1.54, 1.807) is 18.5 Å². The molecule has 9 heteroatoms. The van der Waals surface area contributed by atoms with E-state index < -0.39 is 16.6 Å². The van der Waals surface area contributed by atoms with Gasteiger partial charge >= 0.3 is 6.61 Å². The molecule has 0 saturated heterocycles. The van der Waals surface area contributed by atoms with Gasteiger partial charge in [-0.05, 0) is 29.8 Å². The summed E-state index contributed by atoms with van der Waals surface area (Å²) < 4.78 is 54.8. The van der Waals surface area contributed by atoms with E-state index in [-0.39, 0.29) is 22.2 Å². The molecule has 2 N–H and O–H groups in total. The Bertz CT molecular complexity index is 705. The molecule has 1 aromatic carbocycles. The molecule has 0 bridgehead atoms. The lowest BCUT2D eigenvalue weighted by Gasteiger charge is -2.09. The maximum absolute atomic E-state index is 12.1. The number of aromatic nitrogens is 1. The Kier molecular flexibility index (Phi) is 4.81. The van der Waals surface area contributed by atoms with Gasteiger partial charge in [-0.15, -0.1) is 0 Å². The molecule has 0 aliphatic heterocycles. The van der Waals surface area contributed by atoms with E-state index in [4.69, 9.17) is 11.6 Å². The van der Waals surface area contributed by atoms with Crippen LogP contribution in [0, 0.1) is 0 Å². The molecule has 0 radical (unpaired) electrons. The first-order valence-corrected chi connectivity index (χ1v) is 7.60. The van der Waals surface area contributed by atoms with Gasteiger partial charge < -0.3 is 9.72 Å². The van der Waals surface area contributed by atoms with Gasteiger partial charge in [-0.25, -0.2) is 13.1 Å². The number of hydrogen-bond acceptors (Lipinski definition) is 3. The van der Waals surface area contributed by atoms with Crippen LogP contribution in [0.3, 0.4) is 0 Å². The van der Waals surface area contributed by atoms with Gasteiger partial charge in [0.1, 0.15) is 5.75 Å². The molecule has 0 atom stereocenters. The normalized spacial score (nSPS) is 11.8. The lowest BCUT2D eigenvalue weighted by atomic mass is 10.3. The Morgan fingerprint density at radius 1 is 1.33 bits per heavy atom. The first-order chi connectivity index (χ1) is 9.88. The molecular formula is C12H11ClF2N2O3S. The number of nitrogens with one attached hydrogen (secondary N) is 2. The summed E-state index contributed by atoms with van der Waals surface area (Å²) in [6.07, 6.45) is 3.31. The van der Waals surface area contributed by atoms with Crippen LogP contribution in [0.15, 0.2) is 41.6 Å². The van der Waals surface area contributed by atoms with Crippen LogP contribution >= 0.6 is 11.6 Å². The van der Waals surface area contributed by atoms with E-state index in [0.29, 0.717) is 0 Å². The molecule has 21 heavy (non-hydrogen) atoms. The van der Waals surface area contributed by atoms with Gasteiger partial charge in [0.25, 0.3) is 0 Å². The van der Waals surface area contributed by atoms with Crippen LogP contribution in [-0.2, 0) is 16.6 Å². The summed E-state index contributed by atoms with van der Waals surface area (Å²) in [5.74, 6) is -0.281. The molecule has 0 fully saturated rings. The first-order valence-electron chi connectivity index (χ1n) is 5.74. The zero-order chi connectivity index (χ0) is 15.5. The van der Waals surface area contributed by atoms with E-state index in [0.717, 1.165) is 23.8 Å². The standard InChI is InChI=1S/C12H11ClF2N2O3S/c13-10-5-9(1-2-11(10)20-12(14)15)21(18,19)17-7-8-3-4-16-6-8/h1-6,12,16-17H,7H2. The summed E-state index contributed by atoms with van der Waals surface area (Å²) in [5, 5.41) is -0.209. The number of benzene rings is 1. The average molecular weight is 337 g/mol. The minimum Gasteiger partial charge on any atom is -0.433 e. The molecule has 0 spiro atoms. The molecule has 114 valence electrons. The zero-order valence-corrected chi connectivity index (χ0v) is 12.1. The van der Waals surface area contributed by atoms with Crippen molar-refractivity contribution in [3.63, 3.8) is 0 Å². The first kappa shape index (κ1) is 15.7. The van der Waals surface area contributed by atoms with Gasteiger partial charge in [0, 0.05) is 18.9 Å². The molecule has 0 amide bonds. The van der Waals surface area contributed by atoms with Gasteiger partial charge in [-0.1, -0.05) is 11.6 Å². The second kappa shape index (κ2) is 6.42. The van der Waals surface area contributed by atoms with Crippen LogP contribution in [0.2, 0.25) is 5.02 Å². The highest BCUT2D eigenvalue weighted by molar-refractivity contribution is 7.89. The number of H-pyrrole nitrogens is 1. The summed E-state index contributed by atoms with van der Waals surface area (Å²) in [5.41, 5.74) is 0.752. The molecule has 0 saturated carbocycles. The summed E-state index contributed by atoms with van der Waals surface area (Å²) >= 11 is 5.72. The van der Waals surface area contributed by atoms with Gasteiger partial charge in [0.2, 0.25) is 10.0 Å². The van der Waals surface area contributed by atoms with E-state index in [9.17, 15) is 17.2 Å². The number of hydrogen-bond donors (Lipinski definition) is 2. The molecule has 0 unspecified atom stereocenters. The topological polar surface area (TPSA) is 71.2 Å². The molecule has 0 aliphatic rings. The Morgan fingerprint density at radius 2 is 2.10 bits per heavy atom. The molecule has 2 aromatic rings. The van der Waals surface area contributed by atoms with Gasteiger partial charge in [-0.2, -0.15) is 8.78 Å². The largest absolute Gasteiger partial charge is 0.433 e. The van der Waals surface area contributed by atoms with Crippen LogP contribution in [0.1, 0.15) is 5.56 Å². The number of halogens is 3. The number of sulfonamides is 1. The Morgan fingerprint density at radius 3 is 2.67 bits per heavy atom. The predicted molar refractivity (Wildman–Crippen MR) is 72.9 cm³/mol. The highest BCUT2D eigenvalue weighted by Gasteiger charge is 2.17. The molecule has 2 rings (SSSR count). The lowest BCUT2D eigenvalue weighted by Crippen LogP contribution is -2.23.